The summed E-state index contributed by atoms with van der Waals surface area (Å²) in [6.45, 7) is 7.83. The number of carbonyl (C=O) groups excluding carboxylic acids is 1. The van der Waals surface area contributed by atoms with Gasteiger partial charge in [-0.05, 0) is 25.1 Å². The molecule has 6 heteroatoms. The number of aromatic nitrogens is 4. The predicted molar refractivity (Wildman–Crippen MR) is 125 cm³/mol. The molecule has 31 heavy (non-hydrogen) atoms. The molecule has 5 rings (SSSR count). The molecule has 3 aromatic heterocycles. The molecule has 0 saturated carbocycles. The largest absolute Gasteiger partial charge is 0.361 e. The lowest BCUT2D eigenvalue weighted by molar-refractivity contribution is 0.0860. The van der Waals surface area contributed by atoms with Crippen molar-refractivity contribution < 1.29 is 4.79 Å². The SMILES string of the molecule is CN1CC=C(c2c[nH]c3cc(-c4cnc5[nH]cc(C(=O)C(C)(C)C)c5n4)ccc23)CC1. The molecule has 0 atom stereocenters. The van der Waals surface area contributed by atoms with Crippen LogP contribution in [-0.4, -0.2) is 50.8 Å². The van der Waals surface area contributed by atoms with Gasteiger partial charge in [0, 0.05) is 52.9 Å². The molecule has 4 aromatic rings. The molecule has 4 heterocycles. The van der Waals surface area contributed by atoms with Gasteiger partial charge in [-0.25, -0.2) is 9.97 Å². The molecule has 0 radical (unpaired) electrons. The van der Waals surface area contributed by atoms with Gasteiger partial charge in [0.15, 0.2) is 11.4 Å². The number of H-pyrrole nitrogens is 2. The van der Waals surface area contributed by atoms with Crippen LogP contribution in [0.2, 0.25) is 0 Å². The number of ketones is 1. The third-order valence-corrected chi connectivity index (χ3v) is 6.04. The van der Waals surface area contributed by atoms with Gasteiger partial charge < -0.3 is 14.9 Å². The van der Waals surface area contributed by atoms with E-state index in [2.05, 4.69) is 57.4 Å². The second-order valence-electron chi connectivity index (χ2n) is 9.44. The number of fused-ring (bicyclic) bond motifs is 2. The minimum atomic E-state index is -0.477. The van der Waals surface area contributed by atoms with Gasteiger partial charge in [-0.1, -0.05) is 39.0 Å². The lowest BCUT2D eigenvalue weighted by Gasteiger charge is -2.21. The fraction of sp³-hybridized carbons (Fsp3) is 0.320. The Morgan fingerprint density at radius 1 is 1.16 bits per heavy atom. The smallest absolute Gasteiger partial charge is 0.171 e. The van der Waals surface area contributed by atoms with E-state index in [4.69, 9.17) is 4.98 Å². The van der Waals surface area contributed by atoms with E-state index in [1.165, 1.54) is 16.5 Å². The van der Waals surface area contributed by atoms with Crippen molar-refractivity contribution in [3.8, 4) is 11.3 Å². The van der Waals surface area contributed by atoms with Crippen LogP contribution in [0.3, 0.4) is 0 Å². The predicted octanol–water partition coefficient (Wildman–Crippen LogP) is 5.05. The average Bonchev–Trinajstić information content (AvgIpc) is 3.36. The van der Waals surface area contributed by atoms with E-state index in [-0.39, 0.29) is 5.78 Å². The van der Waals surface area contributed by atoms with E-state index in [0.29, 0.717) is 16.7 Å². The summed E-state index contributed by atoms with van der Waals surface area (Å²) in [5, 5.41) is 1.22. The monoisotopic (exact) mass is 413 g/mol. The topological polar surface area (TPSA) is 77.7 Å². The summed E-state index contributed by atoms with van der Waals surface area (Å²) in [7, 11) is 2.15. The standard InChI is InChI=1S/C25H27N5O/c1-25(2,3)23(31)19-13-27-24-22(19)29-21(14-28-24)16-5-6-17-18(12-26-20(17)11-16)15-7-9-30(4)10-8-15/h5-7,11-14,26H,8-10H2,1-4H3,(H,27,28). The first-order valence-corrected chi connectivity index (χ1v) is 10.7. The van der Waals surface area contributed by atoms with Gasteiger partial charge in [-0.2, -0.15) is 0 Å². The van der Waals surface area contributed by atoms with E-state index < -0.39 is 5.41 Å². The maximum absolute atomic E-state index is 12.8. The Balaban J connectivity index is 1.54. The molecule has 1 aliphatic rings. The van der Waals surface area contributed by atoms with Crippen molar-refractivity contribution in [3.05, 3.63) is 54.0 Å². The van der Waals surface area contributed by atoms with Crippen LogP contribution in [0.1, 0.15) is 43.1 Å². The Morgan fingerprint density at radius 2 is 2.00 bits per heavy atom. The number of nitrogens with zero attached hydrogens (tertiary/aromatic N) is 3. The maximum Gasteiger partial charge on any atom is 0.171 e. The molecule has 0 fully saturated rings. The lowest BCUT2D eigenvalue weighted by atomic mass is 9.87. The first-order chi connectivity index (χ1) is 14.8. The molecule has 0 aliphatic carbocycles. The van der Waals surface area contributed by atoms with Crippen LogP contribution in [0, 0.1) is 5.41 Å². The van der Waals surface area contributed by atoms with Crippen LogP contribution in [0.4, 0.5) is 0 Å². The number of rotatable bonds is 3. The summed E-state index contributed by atoms with van der Waals surface area (Å²) >= 11 is 0. The molecule has 6 nitrogen and oxygen atoms in total. The number of hydrogen-bond acceptors (Lipinski definition) is 4. The summed E-state index contributed by atoms with van der Waals surface area (Å²) in [4.78, 5) is 31.0. The highest BCUT2D eigenvalue weighted by molar-refractivity contribution is 6.08. The van der Waals surface area contributed by atoms with Gasteiger partial charge in [0.05, 0.1) is 17.5 Å². The van der Waals surface area contributed by atoms with Crippen LogP contribution in [0.15, 0.2) is 42.9 Å². The highest BCUT2D eigenvalue weighted by Crippen LogP contribution is 2.32. The molecule has 0 saturated heterocycles. The average molecular weight is 414 g/mol. The number of likely N-dealkylation sites (N-methyl/N-ethyl adjacent to an activating group) is 1. The maximum atomic E-state index is 12.8. The summed E-state index contributed by atoms with van der Waals surface area (Å²) in [6.07, 6.45) is 8.96. The Morgan fingerprint density at radius 3 is 2.74 bits per heavy atom. The summed E-state index contributed by atoms with van der Waals surface area (Å²) in [5.74, 6) is 0.0565. The Labute approximate surface area is 181 Å². The van der Waals surface area contributed by atoms with Crippen LogP contribution in [0.25, 0.3) is 38.9 Å². The highest BCUT2D eigenvalue weighted by atomic mass is 16.1. The van der Waals surface area contributed by atoms with Gasteiger partial charge >= 0.3 is 0 Å². The zero-order valence-electron chi connectivity index (χ0n) is 18.4. The second-order valence-corrected chi connectivity index (χ2v) is 9.44. The van der Waals surface area contributed by atoms with Gasteiger partial charge in [0.2, 0.25) is 0 Å². The first-order valence-electron chi connectivity index (χ1n) is 10.7. The quantitative estimate of drug-likeness (QED) is 0.461. The van der Waals surface area contributed by atoms with Crippen LogP contribution >= 0.6 is 0 Å². The molecular weight excluding hydrogens is 386 g/mol. The third kappa shape index (κ3) is 3.47. The van der Waals surface area contributed by atoms with E-state index >= 15 is 0 Å². The van der Waals surface area contributed by atoms with Crippen molar-refractivity contribution in [1.82, 2.24) is 24.8 Å². The highest BCUT2D eigenvalue weighted by Gasteiger charge is 2.26. The normalized spacial score (nSPS) is 15.5. The number of benzene rings is 1. The fourth-order valence-electron chi connectivity index (χ4n) is 4.17. The number of Topliss-reactive ketones (excluding diaryl/α,β-unsaturated/α-hetero) is 1. The summed E-state index contributed by atoms with van der Waals surface area (Å²) < 4.78 is 0. The number of carbonyl (C=O) groups is 1. The third-order valence-electron chi connectivity index (χ3n) is 6.04. The molecule has 0 unspecified atom stereocenters. The Kier molecular flexibility index (Phi) is 4.55. The Hall–Kier alpha value is -3.25. The second kappa shape index (κ2) is 7.17. The minimum absolute atomic E-state index is 0.0565. The number of aromatic amines is 2. The van der Waals surface area contributed by atoms with Crippen molar-refractivity contribution in [1.29, 1.82) is 0 Å². The summed E-state index contributed by atoms with van der Waals surface area (Å²) in [6, 6.07) is 6.35. The zero-order chi connectivity index (χ0) is 21.8. The van der Waals surface area contributed by atoms with E-state index in [9.17, 15) is 4.79 Å². The van der Waals surface area contributed by atoms with E-state index in [0.717, 1.165) is 36.3 Å². The van der Waals surface area contributed by atoms with Crippen LogP contribution in [-0.2, 0) is 0 Å². The van der Waals surface area contributed by atoms with Crippen LogP contribution in [0.5, 0.6) is 0 Å². The van der Waals surface area contributed by atoms with E-state index in [1.54, 1.807) is 12.4 Å². The van der Waals surface area contributed by atoms with Crippen LogP contribution < -0.4 is 0 Å². The van der Waals surface area contributed by atoms with Crippen molar-refractivity contribution in [2.45, 2.75) is 27.2 Å². The lowest BCUT2D eigenvalue weighted by Crippen LogP contribution is -2.23. The molecule has 1 aliphatic heterocycles. The Bertz CT molecular complexity index is 1340. The fourth-order valence-corrected chi connectivity index (χ4v) is 4.17. The molecule has 0 spiro atoms. The van der Waals surface area contributed by atoms with Crippen molar-refractivity contribution >= 4 is 33.4 Å². The zero-order valence-corrected chi connectivity index (χ0v) is 18.4. The van der Waals surface area contributed by atoms with Crippen molar-refractivity contribution in [2.24, 2.45) is 5.41 Å². The minimum Gasteiger partial charge on any atom is -0.361 e. The first kappa shape index (κ1) is 19.7. The van der Waals surface area contributed by atoms with Gasteiger partial charge in [0.25, 0.3) is 0 Å². The van der Waals surface area contributed by atoms with Gasteiger partial charge in [-0.3, -0.25) is 4.79 Å². The summed E-state index contributed by atoms with van der Waals surface area (Å²) in [5.41, 5.74) is 6.86. The molecule has 2 N–H and O–H groups in total. The molecule has 1 aromatic carbocycles. The van der Waals surface area contributed by atoms with E-state index in [1.807, 2.05) is 20.8 Å². The molecule has 0 amide bonds. The molecule has 158 valence electrons. The van der Waals surface area contributed by atoms with Gasteiger partial charge in [0.1, 0.15) is 5.52 Å². The van der Waals surface area contributed by atoms with Crippen molar-refractivity contribution in [3.63, 3.8) is 0 Å². The molecular formula is C25H27N5O. The number of hydrogen-bond donors (Lipinski definition) is 2. The van der Waals surface area contributed by atoms with Crippen molar-refractivity contribution in [2.75, 3.05) is 20.1 Å². The number of nitrogens with one attached hydrogen (secondary N) is 2. The molecule has 0 bridgehead atoms. The van der Waals surface area contributed by atoms with Gasteiger partial charge in [-0.15, -0.1) is 0 Å².